The van der Waals surface area contributed by atoms with Gasteiger partial charge in [-0.1, -0.05) is 69.3 Å². The predicted molar refractivity (Wildman–Crippen MR) is 142 cm³/mol. The summed E-state index contributed by atoms with van der Waals surface area (Å²) in [6.45, 7) is 5.50. The third-order valence-corrected chi connectivity index (χ3v) is 6.17. The van der Waals surface area contributed by atoms with Gasteiger partial charge in [-0.15, -0.1) is 10.2 Å². The molecule has 1 aliphatic carbocycles. The SMILES string of the molecule is CC(C)(C)C(=O)CC(=NN=C1c2ccccc2-c2ccccc21)C(=O)Nc1ccc(I)cc1. The third kappa shape index (κ3) is 5.11. The number of carbonyl (C=O) groups excluding carboxylic acids is 2. The molecule has 0 radical (unpaired) electrons. The van der Waals surface area contributed by atoms with Crippen LogP contribution in [0.25, 0.3) is 11.1 Å². The fourth-order valence-corrected chi connectivity index (χ4v) is 3.89. The number of amides is 1. The molecule has 0 heterocycles. The number of nitrogens with one attached hydrogen (secondary N) is 1. The highest BCUT2D eigenvalue weighted by atomic mass is 127. The zero-order valence-corrected chi connectivity index (χ0v) is 20.9. The Bertz CT molecular complexity index is 1240. The summed E-state index contributed by atoms with van der Waals surface area (Å²) in [5.41, 5.74) is 4.91. The van der Waals surface area contributed by atoms with Crippen molar-refractivity contribution >= 4 is 51.4 Å². The minimum Gasteiger partial charge on any atom is -0.321 e. The van der Waals surface area contributed by atoms with Crippen molar-refractivity contribution in [1.29, 1.82) is 0 Å². The number of halogens is 1. The maximum absolute atomic E-state index is 13.1. The van der Waals surface area contributed by atoms with Crippen molar-refractivity contribution in [2.45, 2.75) is 27.2 Å². The molecule has 33 heavy (non-hydrogen) atoms. The first kappa shape index (κ1) is 23.0. The van der Waals surface area contributed by atoms with Crippen molar-refractivity contribution in [1.82, 2.24) is 0 Å². The molecule has 1 N–H and O–H groups in total. The Morgan fingerprint density at radius 3 is 1.85 bits per heavy atom. The van der Waals surface area contributed by atoms with Crippen molar-refractivity contribution in [3.05, 3.63) is 87.5 Å². The largest absolute Gasteiger partial charge is 0.321 e. The molecule has 1 amide bonds. The van der Waals surface area contributed by atoms with Gasteiger partial charge in [0.25, 0.3) is 5.91 Å². The van der Waals surface area contributed by atoms with E-state index in [0.717, 1.165) is 25.8 Å². The zero-order chi connectivity index (χ0) is 23.6. The molecular formula is C27H24IN3O2. The second-order valence-corrected chi connectivity index (χ2v) is 10.1. The molecule has 6 heteroatoms. The lowest BCUT2D eigenvalue weighted by Crippen LogP contribution is -2.30. The maximum atomic E-state index is 13.1. The van der Waals surface area contributed by atoms with E-state index in [2.05, 4.69) is 38.1 Å². The summed E-state index contributed by atoms with van der Waals surface area (Å²) < 4.78 is 1.06. The Hall–Kier alpha value is -3.13. The van der Waals surface area contributed by atoms with E-state index in [0.29, 0.717) is 11.4 Å². The van der Waals surface area contributed by atoms with E-state index >= 15 is 0 Å². The molecule has 3 aromatic carbocycles. The van der Waals surface area contributed by atoms with Gasteiger partial charge >= 0.3 is 0 Å². The molecule has 0 fully saturated rings. The van der Waals surface area contributed by atoms with Crippen LogP contribution in [0.4, 0.5) is 5.69 Å². The van der Waals surface area contributed by atoms with Crippen LogP contribution in [0, 0.1) is 8.99 Å². The van der Waals surface area contributed by atoms with E-state index in [1.54, 1.807) is 0 Å². The highest BCUT2D eigenvalue weighted by Crippen LogP contribution is 2.36. The van der Waals surface area contributed by atoms with Crippen LogP contribution in [0.1, 0.15) is 38.3 Å². The first-order chi connectivity index (χ1) is 15.7. The smallest absolute Gasteiger partial charge is 0.272 e. The van der Waals surface area contributed by atoms with E-state index in [1.807, 2.05) is 93.6 Å². The summed E-state index contributed by atoms with van der Waals surface area (Å²) in [6.07, 6.45) is -0.0974. The van der Waals surface area contributed by atoms with E-state index in [9.17, 15) is 9.59 Å². The van der Waals surface area contributed by atoms with E-state index < -0.39 is 11.3 Å². The number of fused-ring (bicyclic) bond motifs is 3. The van der Waals surface area contributed by atoms with Gasteiger partial charge in [0, 0.05) is 25.8 Å². The first-order valence-electron chi connectivity index (χ1n) is 10.7. The molecule has 166 valence electrons. The molecule has 5 nitrogen and oxygen atoms in total. The van der Waals surface area contributed by atoms with Crippen LogP contribution in [0.2, 0.25) is 0 Å². The van der Waals surface area contributed by atoms with Crippen molar-refractivity contribution in [3.63, 3.8) is 0 Å². The van der Waals surface area contributed by atoms with Crippen LogP contribution < -0.4 is 5.32 Å². The summed E-state index contributed by atoms with van der Waals surface area (Å²) in [4.78, 5) is 25.8. The topological polar surface area (TPSA) is 70.9 Å². The fourth-order valence-electron chi connectivity index (χ4n) is 3.53. The van der Waals surface area contributed by atoms with Crippen molar-refractivity contribution in [2.24, 2.45) is 15.6 Å². The van der Waals surface area contributed by atoms with Crippen LogP contribution in [-0.2, 0) is 9.59 Å². The van der Waals surface area contributed by atoms with Gasteiger partial charge in [-0.25, -0.2) is 0 Å². The highest BCUT2D eigenvalue weighted by molar-refractivity contribution is 14.1. The van der Waals surface area contributed by atoms with Gasteiger partial charge in [0.1, 0.15) is 17.2 Å². The van der Waals surface area contributed by atoms with Gasteiger partial charge in [0.2, 0.25) is 0 Å². The average Bonchev–Trinajstić information content (AvgIpc) is 3.11. The zero-order valence-electron chi connectivity index (χ0n) is 18.7. The van der Waals surface area contributed by atoms with Crippen molar-refractivity contribution in [3.8, 4) is 11.1 Å². The molecule has 0 bridgehead atoms. The summed E-state index contributed by atoms with van der Waals surface area (Å²) in [5, 5.41) is 11.7. The second kappa shape index (κ2) is 9.39. The van der Waals surface area contributed by atoms with Gasteiger partial charge in [0.05, 0.1) is 6.42 Å². The molecule has 0 spiro atoms. The standard InChI is InChI=1S/C27H24IN3O2/c1-27(2,3)24(32)16-23(26(33)29-18-14-12-17(28)13-15-18)30-31-25-21-10-6-4-8-19(21)20-9-5-7-11-22(20)25/h4-15H,16H2,1-3H3,(H,29,33). The van der Waals surface area contributed by atoms with Crippen LogP contribution in [0.3, 0.4) is 0 Å². The van der Waals surface area contributed by atoms with E-state index in [1.165, 1.54) is 0 Å². The normalized spacial score (nSPS) is 12.7. The molecule has 1 aliphatic rings. The average molecular weight is 549 g/mol. The molecule has 0 aromatic heterocycles. The predicted octanol–water partition coefficient (Wildman–Crippen LogP) is 6.11. The summed E-state index contributed by atoms with van der Waals surface area (Å²) in [7, 11) is 0. The first-order valence-corrected chi connectivity index (χ1v) is 11.8. The second-order valence-electron chi connectivity index (χ2n) is 8.90. The van der Waals surface area contributed by atoms with Gasteiger partial charge in [-0.2, -0.15) is 0 Å². The molecule has 0 aliphatic heterocycles. The fraction of sp³-hybridized carbons (Fsp3) is 0.185. The lowest BCUT2D eigenvalue weighted by Gasteiger charge is -2.16. The van der Waals surface area contributed by atoms with Crippen molar-refractivity contribution < 1.29 is 9.59 Å². The number of Topliss-reactive ketones (excluding diaryl/α,β-unsaturated/α-hetero) is 1. The highest BCUT2D eigenvalue weighted by Gasteiger charge is 2.27. The van der Waals surface area contributed by atoms with E-state index in [4.69, 9.17) is 0 Å². The number of anilines is 1. The number of carbonyl (C=O) groups is 2. The molecule has 0 atom stereocenters. The summed E-state index contributed by atoms with van der Waals surface area (Å²) in [6, 6.07) is 23.4. The Morgan fingerprint density at radius 2 is 1.33 bits per heavy atom. The Balaban J connectivity index is 1.73. The Kier molecular flexibility index (Phi) is 6.56. The quantitative estimate of drug-likeness (QED) is 0.186. The molecule has 0 saturated heterocycles. The van der Waals surface area contributed by atoms with E-state index in [-0.39, 0.29) is 17.9 Å². The summed E-state index contributed by atoms with van der Waals surface area (Å²) in [5.74, 6) is -0.510. The van der Waals surface area contributed by atoms with Gasteiger partial charge in [0.15, 0.2) is 0 Å². The van der Waals surface area contributed by atoms with Crippen LogP contribution >= 0.6 is 22.6 Å². The lowest BCUT2D eigenvalue weighted by atomic mass is 9.87. The van der Waals surface area contributed by atoms with Gasteiger partial charge in [-0.3, -0.25) is 9.59 Å². The molecule has 0 unspecified atom stereocenters. The Labute approximate surface area is 207 Å². The van der Waals surface area contributed by atoms with Crippen LogP contribution in [0.5, 0.6) is 0 Å². The minimum atomic E-state index is -0.594. The molecule has 0 saturated carbocycles. The van der Waals surface area contributed by atoms with Crippen LogP contribution in [0.15, 0.2) is 83.0 Å². The number of ketones is 1. The van der Waals surface area contributed by atoms with Crippen LogP contribution in [-0.4, -0.2) is 23.1 Å². The van der Waals surface area contributed by atoms with Gasteiger partial charge in [-0.05, 0) is 58.0 Å². The molecular weight excluding hydrogens is 525 g/mol. The maximum Gasteiger partial charge on any atom is 0.272 e. The number of nitrogens with zero attached hydrogens (tertiary/aromatic N) is 2. The third-order valence-electron chi connectivity index (χ3n) is 5.45. The minimum absolute atomic E-state index is 0.0774. The molecule has 4 rings (SSSR count). The summed E-state index contributed by atoms with van der Waals surface area (Å²) >= 11 is 2.20. The Morgan fingerprint density at radius 1 is 0.818 bits per heavy atom. The van der Waals surface area contributed by atoms with Gasteiger partial charge < -0.3 is 5.32 Å². The lowest BCUT2D eigenvalue weighted by molar-refractivity contribution is -0.125. The number of hydrogen-bond acceptors (Lipinski definition) is 4. The number of benzene rings is 3. The van der Waals surface area contributed by atoms with Crippen molar-refractivity contribution in [2.75, 3.05) is 5.32 Å². The number of hydrogen-bond donors (Lipinski definition) is 1. The molecule has 3 aromatic rings. The number of rotatable bonds is 5. The monoisotopic (exact) mass is 549 g/mol.